The topological polar surface area (TPSA) is 25.6 Å². The maximum Gasteiger partial charge on any atom is 0.118 e. The predicted octanol–water partition coefficient (Wildman–Crippen LogP) is 3.55. The minimum Gasteiger partial charge on any atom is -0.465 e. The van der Waals surface area contributed by atoms with Gasteiger partial charge >= 0.3 is 0 Å². The van der Waals surface area contributed by atoms with Crippen molar-refractivity contribution in [2.75, 3.05) is 20.3 Å². The van der Waals surface area contributed by atoms with Crippen LogP contribution in [-0.4, -0.2) is 25.2 Å². The van der Waals surface area contributed by atoms with Crippen LogP contribution < -0.4 is 0 Å². The molecule has 3 heteroatoms. The molecule has 0 atom stereocenters. The molecule has 0 fully saturated rings. The molecule has 108 valence electrons. The van der Waals surface area contributed by atoms with E-state index < -0.39 is 0 Å². The number of aryl methyl sites for hydroxylation is 2. The van der Waals surface area contributed by atoms with Gasteiger partial charge in [-0.2, -0.15) is 0 Å². The lowest BCUT2D eigenvalue weighted by atomic mass is 10.1. The van der Waals surface area contributed by atoms with Crippen LogP contribution in [0.5, 0.6) is 0 Å². The van der Waals surface area contributed by atoms with Crippen molar-refractivity contribution in [3.8, 4) is 0 Å². The molecule has 2 aromatic rings. The fraction of sp³-hybridized carbons (Fsp3) is 0.412. The molecule has 0 saturated heterocycles. The zero-order chi connectivity index (χ0) is 14.4. The Labute approximate surface area is 121 Å². The van der Waals surface area contributed by atoms with E-state index in [0.717, 1.165) is 37.8 Å². The third-order valence-electron chi connectivity index (χ3n) is 3.44. The highest BCUT2D eigenvalue weighted by atomic mass is 16.5. The van der Waals surface area contributed by atoms with Crippen LogP contribution in [0.25, 0.3) is 0 Å². The largest absolute Gasteiger partial charge is 0.465 e. The first-order valence-corrected chi connectivity index (χ1v) is 7.00. The SMILES string of the molecule is COCCN(Cc1ccc(C)o1)Cc1ccccc1C. The lowest BCUT2D eigenvalue weighted by Gasteiger charge is -2.22. The maximum atomic E-state index is 5.68. The monoisotopic (exact) mass is 273 g/mol. The molecule has 0 aliphatic rings. The summed E-state index contributed by atoms with van der Waals surface area (Å²) < 4.78 is 10.9. The lowest BCUT2D eigenvalue weighted by Crippen LogP contribution is -2.26. The van der Waals surface area contributed by atoms with Crippen LogP contribution in [0.1, 0.15) is 22.6 Å². The van der Waals surface area contributed by atoms with Crippen LogP contribution in [0, 0.1) is 13.8 Å². The molecule has 3 nitrogen and oxygen atoms in total. The van der Waals surface area contributed by atoms with Crippen molar-refractivity contribution in [1.29, 1.82) is 0 Å². The van der Waals surface area contributed by atoms with E-state index in [9.17, 15) is 0 Å². The van der Waals surface area contributed by atoms with E-state index in [-0.39, 0.29) is 0 Å². The van der Waals surface area contributed by atoms with Crippen LogP contribution in [-0.2, 0) is 17.8 Å². The minimum atomic E-state index is 0.728. The Morgan fingerprint density at radius 2 is 1.85 bits per heavy atom. The van der Waals surface area contributed by atoms with Crippen molar-refractivity contribution in [2.24, 2.45) is 0 Å². The normalized spacial score (nSPS) is 11.2. The molecule has 1 heterocycles. The third kappa shape index (κ3) is 4.22. The van der Waals surface area contributed by atoms with Gasteiger partial charge in [-0.3, -0.25) is 4.90 Å². The summed E-state index contributed by atoms with van der Waals surface area (Å²) in [6.07, 6.45) is 0. The highest BCUT2D eigenvalue weighted by molar-refractivity contribution is 5.25. The number of nitrogens with zero attached hydrogens (tertiary/aromatic N) is 1. The quantitative estimate of drug-likeness (QED) is 0.771. The molecule has 1 aromatic heterocycles. The Morgan fingerprint density at radius 1 is 1.05 bits per heavy atom. The highest BCUT2D eigenvalue weighted by Gasteiger charge is 2.10. The van der Waals surface area contributed by atoms with Crippen LogP contribution >= 0.6 is 0 Å². The third-order valence-corrected chi connectivity index (χ3v) is 3.44. The number of ether oxygens (including phenoxy) is 1. The fourth-order valence-electron chi connectivity index (χ4n) is 2.25. The van der Waals surface area contributed by atoms with E-state index in [0.29, 0.717) is 0 Å². The van der Waals surface area contributed by atoms with Gasteiger partial charge in [-0.05, 0) is 37.1 Å². The van der Waals surface area contributed by atoms with Gasteiger partial charge in [0.25, 0.3) is 0 Å². The molecule has 0 amide bonds. The number of furan rings is 1. The van der Waals surface area contributed by atoms with E-state index in [1.165, 1.54) is 11.1 Å². The minimum absolute atomic E-state index is 0.728. The second-order valence-electron chi connectivity index (χ2n) is 5.14. The summed E-state index contributed by atoms with van der Waals surface area (Å²) >= 11 is 0. The van der Waals surface area contributed by atoms with Gasteiger partial charge in [-0.1, -0.05) is 24.3 Å². The Balaban J connectivity index is 2.05. The molecule has 20 heavy (non-hydrogen) atoms. The van der Waals surface area contributed by atoms with Crippen molar-refractivity contribution < 1.29 is 9.15 Å². The Kier molecular flexibility index (Phi) is 5.39. The fourth-order valence-corrected chi connectivity index (χ4v) is 2.25. The average Bonchev–Trinajstić information content (AvgIpc) is 2.84. The molecule has 0 unspecified atom stereocenters. The van der Waals surface area contributed by atoms with Gasteiger partial charge in [0.15, 0.2) is 0 Å². The van der Waals surface area contributed by atoms with Gasteiger partial charge in [-0.25, -0.2) is 0 Å². The van der Waals surface area contributed by atoms with Crippen molar-refractivity contribution in [2.45, 2.75) is 26.9 Å². The average molecular weight is 273 g/mol. The summed E-state index contributed by atoms with van der Waals surface area (Å²) in [4.78, 5) is 2.35. The standard InChI is InChI=1S/C17H23NO2/c1-14-6-4-5-7-16(14)12-18(10-11-19-3)13-17-9-8-15(2)20-17/h4-9H,10-13H2,1-3H3. The molecule has 0 radical (unpaired) electrons. The van der Waals surface area contributed by atoms with Crippen molar-refractivity contribution in [3.63, 3.8) is 0 Å². The molecule has 0 saturated carbocycles. The Bertz CT molecular complexity index is 533. The zero-order valence-corrected chi connectivity index (χ0v) is 12.6. The van der Waals surface area contributed by atoms with E-state index in [4.69, 9.17) is 9.15 Å². The predicted molar refractivity (Wildman–Crippen MR) is 80.6 cm³/mol. The summed E-state index contributed by atoms with van der Waals surface area (Å²) in [7, 11) is 1.74. The van der Waals surface area contributed by atoms with E-state index in [1.54, 1.807) is 7.11 Å². The van der Waals surface area contributed by atoms with Gasteiger partial charge in [0, 0.05) is 20.2 Å². The second kappa shape index (κ2) is 7.27. The van der Waals surface area contributed by atoms with Crippen LogP contribution in [0.2, 0.25) is 0 Å². The van der Waals surface area contributed by atoms with Crippen molar-refractivity contribution >= 4 is 0 Å². The molecular weight excluding hydrogens is 250 g/mol. The number of methoxy groups -OCH3 is 1. The molecule has 0 bridgehead atoms. The first-order chi connectivity index (χ1) is 9.69. The van der Waals surface area contributed by atoms with Gasteiger partial charge in [0.2, 0.25) is 0 Å². The highest BCUT2D eigenvalue weighted by Crippen LogP contribution is 2.14. The number of hydrogen-bond acceptors (Lipinski definition) is 3. The number of benzene rings is 1. The summed E-state index contributed by atoms with van der Waals surface area (Å²) in [5, 5.41) is 0. The summed E-state index contributed by atoms with van der Waals surface area (Å²) in [5.74, 6) is 1.97. The molecule has 2 rings (SSSR count). The summed E-state index contributed by atoms with van der Waals surface area (Å²) in [6.45, 7) is 7.47. The Morgan fingerprint density at radius 3 is 2.50 bits per heavy atom. The molecule has 0 N–H and O–H groups in total. The number of hydrogen-bond donors (Lipinski definition) is 0. The summed E-state index contributed by atoms with van der Waals surface area (Å²) in [5.41, 5.74) is 2.68. The summed E-state index contributed by atoms with van der Waals surface area (Å²) in [6, 6.07) is 12.6. The first kappa shape index (κ1) is 14.8. The van der Waals surface area contributed by atoms with E-state index >= 15 is 0 Å². The van der Waals surface area contributed by atoms with Crippen LogP contribution in [0.4, 0.5) is 0 Å². The number of rotatable bonds is 7. The van der Waals surface area contributed by atoms with Crippen molar-refractivity contribution in [1.82, 2.24) is 4.90 Å². The zero-order valence-electron chi connectivity index (χ0n) is 12.6. The van der Waals surface area contributed by atoms with Crippen LogP contribution in [0.15, 0.2) is 40.8 Å². The van der Waals surface area contributed by atoms with Gasteiger partial charge < -0.3 is 9.15 Å². The molecule has 0 spiro atoms. The first-order valence-electron chi connectivity index (χ1n) is 7.00. The molecule has 0 aliphatic heterocycles. The van der Waals surface area contributed by atoms with Crippen molar-refractivity contribution in [3.05, 3.63) is 59.0 Å². The lowest BCUT2D eigenvalue weighted by molar-refractivity contribution is 0.134. The molecular formula is C17H23NO2. The molecule has 1 aromatic carbocycles. The van der Waals surface area contributed by atoms with Gasteiger partial charge in [0.1, 0.15) is 11.5 Å². The smallest absolute Gasteiger partial charge is 0.118 e. The second-order valence-corrected chi connectivity index (χ2v) is 5.14. The van der Waals surface area contributed by atoms with E-state index in [1.807, 2.05) is 19.1 Å². The maximum absolute atomic E-state index is 5.68. The van der Waals surface area contributed by atoms with Crippen LogP contribution in [0.3, 0.4) is 0 Å². The van der Waals surface area contributed by atoms with E-state index in [2.05, 4.69) is 36.1 Å². The molecule has 0 aliphatic carbocycles. The van der Waals surface area contributed by atoms with Gasteiger partial charge in [-0.15, -0.1) is 0 Å². The van der Waals surface area contributed by atoms with Gasteiger partial charge in [0.05, 0.1) is 13.2 Å². The Hall–Kier alpha value is -1.58.